The molecule has 0 heterocycles. The van der Waals surface area contributed by atoms with Crippen LogP contribution in [0.4, 0.5) is 0 Å². The van der Waals surface area contributed by atoms with Gasteiger partial charge in [-0.05, 0) is 24.0 Å². The van der Waals surface area contributed by atoms with Crippen molar-refractivity contribution in [1.29, 1.82) is 0 Å². The molecule has 1 nitrogen and oxygen atoms in total. The molecule has 14 heavy (non-hydrogen) atoms. The molecule has 0 aliphatic heterocycles. The van der Waals surface area contributed by atoms with Crippen LogP contribution >= 0.6 is 0 Å². The molecule has 74 valence electrons. The van der Waals surface area contributed by atoms with Crippen molar-refractivity contribution in [1.82, 2.24) is 0 Å². The van der Waals surface area contributed by atoms with Gasteiger partial charge in [-0.1, -0.05) is 43.3 Å². The highest BCUT2D eigenvalue weighted by Crippen LogP contribution is 2.34. The molecule has 0 bridgehead atoms. The molecule has 2 N–H and O–H groups in total. The summed E-state index contributed by atoms with van der Waals surface area (Å²) in [6, 6.07) is 8.57. The Balaban J connectivity index is 2.37. The Kier molecular flexibility index (Phi) is 2.42. The van der Waals surface area contributed by atoms with E-state index >= 15 is 0 Å². The van der Waals surface area contributed by atoms with E-state index in [4.69, 9.17) is 5.73 Å². The van der Waals surface area contributed by atoms with Crippen LogP contribution in [-0.2, 0) is 6.42 Å². The lowest BCUT2D eigenvalue weighted by Crippen LogP contribution is -2.31. The first-order chi connectivity index (χ1) is 6.79. The summed E-state index contributed by atoms with van der Waals surface area (Å²) in [5.41, 5.74) is 8.84. The Bertz CT molecular complexity index is 348. The van der Waals surface area contributed by atoms with Gasteiger partial charge in [0.05, 0.1) is 0 Å². The number of benzene rings is 1. The van der Waals surface area contributed by atoms with Gasteiger partial charge in [0.1, 0.15) is 0 Å². The molecule has 1 atom stereocenters. The molecule has 0 radical (unpaired) electrons. The van der Waals surface area contributed by atoms with Crippen molar-refractivity contribution in [3.63, 3.8) is 0 Å². The first-order valence-electron chi connectivity index (χ1n) is 5.27. The van der Waals surface area contributed by atoms with Gasteiger partial charge in [0.15, 0.2) is 0 Å². The van der Waals surface area contributed by atoms with Crippen LogP contribution in [0, 0.1) is 5.41 Å². The molecule has 2 rings (SSSR count). The number of hydrogen-bond acceptors (Lipinski definition) is 1. The van der Waals surface area contributed by atoms with E-state index in [-0.39, 0.29) is 5.41 Å². The monoisotopic (exact) mass is 187 g/mol. The largest absolute Gasteiger partial charge is 0.330 e. The van der Waals surface area contributed by atoms with Crippen molar-refractivity contribution in [2.45, 2.75) is 19.8 Å². The van der Waals surface area contributed by atoms with Crippen molar-refractivity contribution in [3.8, 4) is 0 Å². The highest BCUT2D eigenvalue weighted by atomic mass is 14.6. The number of fused-ring (bicyclic) bond motifs is 1. The third-order valence-electron chi connectivity index (χ3n) is 3.32. The lowest BCUT2D eigenvalue weighted by molar-refractivity contribution is 0.374. The van der Waals surface area contributed by atoms with E-state index in [9.17, 15) is 0 Å². The minimum absolute atomic E-state index is 0.203. The molecule has 0 saturated heterocycles. The van der Waals surface area contributed by atoms with Crippen LogP contribution in [-0.4, -0.2) is 6.54 Å². The molecule has 0 aromatic heterocycles. The Morgan fingerprint density at radius 1 is 1.36 bits per heavy atom. The summed E-state index contributed by atoms with van der Waals surface area (Å²) in [7, 11) is 0. The highest BCUT2D eigenvalue weighted by Gasteiger charge is 2.27. The number of nitrogens with two attached hydrogens (primary N) is 1. The molecule has 1 aliphatic rings. The van der Waals surface area contributed by atoms with Gasteiger partial charge in [0, 0.05) is 12.0 Å². The number of hydrogen-bond donors (Lipinski definition) is 1. The van der Waals surface area contributed by atoms with Crippen LogP contribution in [0.1, 0.15) is 24.5 Å². The minimum atomic E-state index is 0.203. The molecular formula is C13H17N. The maximum absolute atomic E-state index is 5.85. The minimum Gasteiger partial charge on any atom is -0.330 e. The quantitative estimate of drug-likeness (QED) is 0.756. The first-order valence-corrected chi connectivity index (χ1v) is 5.27. The summed E-state index contributed by atoms with van der Waals surface area (Å²) in [5.74, 6) is 0. The van der Waals surface area contributed by atoms with Crippen LogP contribution in [0.5, 0.6) is 0 Å². The zero-order valence-corrected chi connectivity index (χ0v) is 8.66. The van der Waals surface area contributed by atoms with Crippen LogP contribution in [0.15, 0.2) is 30.3 Å². The lowest BCUT2D eigenvalue weighted by atomic mass is 9.74. The van der Waals surface area contributed by atoms with Crippen molar-refractivity contribution in [2.75, 3.05) is 6.54 Å². The van der Waals surface area contributed by atoms with E-state index in [0.29, 0.717) is 0 Å². The predicted molar refractivity (Wildman–Crippen MR) is 61.0 cm³/mol. The second-order valence-electron chi connectivity index (χ2n) is 4.13. The third-order valence-corrected chi connectivity index (χ3v) is 3.32. The standard InChI is InChI=1S/C13H17N/c1-2-13(10-14)8-7-11-5-3-4-6-12(11)9-13/h3-8H,2,9-10,14H2,1H3. The maximum Gasteiger partial charge on any atom is 0.00456 e. The van der Waals surface area contributed by atoms with Crippen molar-refractivity contribution < 1.29 is 0 Å². The lowest BCUT2D eigenvalue weighted by Gasteiger charge is -2.31. The second-order valence-corrected chi connectivity index (χ2v) is 4.13. The Labute approximate surface area is 85.6 Å². The topological polar surface area (TPSA) is 26.0 Å². The van der Waals surface area contributed by atoms with Gasteiger partial charge in [-0.15, -0.1) is 0 Å². The Hall–Kier alpha value is -1.08. The van der Waals surface area contributed by atoms with Crippen LogP contribution in [0.3, 0.4) is 0 Å². The maximum atomic E-state index is 5.85. The second kappa shape index (κ2) is 3.58. The van der Waals surface area contributed by atoms with Gasteiger partial charge < -0.3 is 5.73 Å². The molecule has 1 heteroatoms. The molecule has 0 amide bonds. The molecule has 0 fully saturated rings. The first kappa shape index (κ1) is 9.47. The van der Waals surface area contributed by atoms with Crippen LogP contribution < -0.4 is 5.73 Å². The summed E-state index contributed by atoms with van der Waals surface area (Å²) in [6.45, 7) is 2.96. The fourth-order valence-corrected chi connectivity index (χ4v) is 2.09. The fraction of sp³-hybridized carbons (Fsp3) is 0.385. The van der Waals surface area contributed by atoms with Gasteiger partial charge >= 0.3 is 0 Å². The third kappa shape index (κ3) is 1.48. The van der Waals surface area contributed by atoms with E-state index < -0.39 is 0 Å². The van der Waals surface area contributed by atoms with Crippen LogP contribution in [0.2, 0.25) is 0 Å². The van der Waals surface area contributed by atoms with Gasteiger partial charge in [0.25, 0.3) is 0 Å². The molecule has 1 aromatic carbocycles. The van der Waals surface area contributed by atoms with Crippen molar-refractivity contribution in [3.05, 3.63) is 41.5 Å². The average molecular weight is 187 g/mol. The molecule has 1 unspecified atom stereocenters. The van der Waals surface area contributed by atoms with E-state index in [2.05, 4.69) is 43.3 Å². The van der Waals surface area contributed by atoms with E-state index in [1.807, 2.05) is 0 Å². The molecule has 0 spiro atoms. The van der Waals surface area contributed by atoms with E-state index in [1.54, 1.807) is 0 Å². The van der Waals surface area contributed by atoms with E-state index in [0.717, 1.165) is 19.4 Å². The molecule has 0 saturated carbocycles. The van der Waals surface area contributed by atoms with Gasteiger partial charge in [-0.25, -0.2) is 0 Å². The Morgan fingerprint density at radius 2 is 2.14 bits per heavy atom. The smallest absolute Gasteiger partial charge is 0.00456 e. The summed E-state index contributed by atoms with van der Waals surface area (Å²) >= 11 is 0. The predicted octanol–water partition coefficient (Wildman–Crippen LogP) is 2.61. The molecule has 1 aliphatic carbocycles. The van der Waals surface area contributed by atoms with Gasteiger partial charge in [-0.2, -0.15) is 0 Å². The van der Waals surface area contributed by atoms with Crippen LogP contribution in [0.25, 0.3) is 6.08 Å². The van der Waals surface area contributed by atoms with Gasteiger partial charge in [0.2, 0.25) is 0 Å². The van der Waals surface area contributed by atoms with Crippen molar-refractivity contribution >= 4 is 6.08 Å². The molecular weight excluding hydrogens is 170 g/mol. The normalized spacial score (nSPS) is 24.7. The Morgan fingerprint density at radius 3 is 2.86 bits per heavy atom. The average Bonchev–Trinajstić information content (AvgIpc) is 2.28. The van der Waals surface area contributed by atoms with Gasteiger partial charge in [-0.3, -0.25) is 0 Å². The zero-order valence-electron chi connectivity index (χ0n) is 8.66. The number of rotatable bonds is 2. The van der Waals surface area contributed by atoms with E-state index in [1.165, 1.54) is 11.1 Å². The summed E-state index contributed by atoms with van der Waals surface area (Å²) in [6.07, 6.45) is 6.71. The summed E-state index contributed by atoms with van der Waals surface area (Å²) in [5, 5.41) is 0. The summed E-state index contributed by atoms with van der Waals surface area (Å²) < 4.78 is 0. The summed E-state index contributed by atoms with van der Waals surface area (Å²) in [4.78, 5) is 0. The van der Waals surface area contributed by atoms with Crippen molar-refractivity contribution in [2.24, 2.45) is 11.1 Å². The highest BCUT2D eigenvalue weighted by molar-refractivity contribution is 5.57. The fourth-order valence-electron chi connectivity index (χ4n) is 2.09. The zero-order chi connectivity index (χ0) is 10.0. The molecule has 1 aromatic rings. The SMILES string of the molecule is CCC1(CN)C=Cc2ccccc2C1.